The van der Waals surface area contributed by atoms with Crippen LogP contribution < -0.4 is 5.01 Å². The van der Waals surface area contributed by atoms with Gasteiger partial charge in [-0.2, -0.15) is 5.10 Å². The fourth-order valence-electron chi connectivity index (χ4n) is 3.00. The van der Waals surface area contributed by atoms with Crippen LogP contribution in [-0.4, -0.2) is 11.2 Å². The molecular weight excluding hydrogens is 306 g/mol. The maximum atomic E-state index is 4.81. The van der Waals surface area contributed by atoms with Crippen LogP contribution in [0.15, 0.2) is 90.0 Å². The molecule has 1 aromatic heterocycles. The Morgan fingerprint density at radius 2 is 1.32 bits per heavy atom. The number of aromatic amines is 1. The molecule has 0 saturated heterocycles. The van der Waals surface area contributed by atoms with E-state index in [4.69, 9.17) is 5.10 Å². The van der Waals surface area contributed by atoms with E-state index in [9.17, 15) is 0 Å². The van der Waals surface area contributed by atoms with Gasteiger partial charge in [0.05, 0.1) is 17.6 Å². The number of rotatable bonds is 4. The summed E-state index contributed by atoms with van der Waals surface area (Å²) in [7, 11) is 0. The van der Waals surface area contributed by atoms with E-state index in [1.54, 1.807) is 0 Å². The zero-order valence-corrected chi connectivity index (χ0v) is 14.1. The first-order valence-corrected chi connectivity index (χ1v) is 8.34. The molecule has 25 heavy (non-hydrogen) atoms. The topological polar surface area (TPSA) is 31.4 Å². The van der Waals surface area contributed by atoms with Gasteiger partial charge < -0.3 is 4.98 Å². The summed E-state index contributed by atoms with van der Waals surface area (Å²) in [5.74, 6) is 0. The molecule has 4 aromatic rings. The third kappa shape index (κ3) is 3.04. The summed E-state index contributed by atoms with van der Waals surface area (Å²) in [5, 5.41) is 7.95. The number of benzene rings is 3. The average Bonchev–Trinajstić information content (AvgIpc) is 2.99. The quantitative estimate of drug-likeness (QED) is 0.381. The number of aryl methyl sites for hydroxylation is 1. The molecule has 122 valence electrons. The van der Waals surface area contributed by atoms with Crippen molar-refractivity contribution in [1.82, 2.24) is 4.98 Å². The number of nitrogens with zero attached hydrogens (tertiary/aromatic N) is 2. The van der Waals surface area contributed by atoms with Crippen LogP contribution in [0.25, 0.3) is 10.9 Å². The lowest BCUT2D eigenvalue weighted by Gasteiger charge is -2.19. The monoisotopic (exact) mass is 325 g/mol. The number of hydrazone groups is 1. The van der Waals surface area contributed by atoms with Crippen LogP contribution in [0.2, 0.25) is 0 Å². The van der Waals surface area contributed by atoms with Crippen molar-refractivity contribution in [3.63, 3.8) is 0 Å². The molecule has 0 amide bonds. The van der Waals surface area contributed by atoms with E-state index in [1.807, 2.05) is 53.7 Å². The second-order valence-corrected chi connectivity index (χ2v) is 5.94. The van der Waals surface area contributed by atoms with E-state index in [1.165, 1.54) is 5.39 Å². The van der Waals surface area contributed by atoms with E-state index in [2.05, 4.69) is 54.4 Å². The van der Waals surface area contributed by atoms with Gasteiger partial charge in [0.1, 0.15) is 0 Å². The molecule has 0 saturated carbocycles. The van der Waals surface area contributed by atoms with Crippen molar-refractivity contribution >= 4 is 28.5 Å². The Kier molecular flexibility index (Phi) is 4.05. The average molecular weight is 325 g/mol. The summed E-state index contributed by atoms with van der Waals surface area (Å²) >= 11 is 0. The lowest BCUT2D eigenvalue weighted by Crippen LogP contribution is -2.09. The van der Waals surface area contributed by atoms with Crippen molar-refractivity contribution < 1.29 is 0 Å². The van der Waals surface area contributed by atoms with Gasteiger partial charge in [-0.1, -0.05) is 54.6 Å². The summed E-state index contributed by atoms with van der Waals surface area (Å²) < 4.78 is 0. The molecule has 0 aliphatic rings. The number of para-hydroxylation sites is 3. The van der Waals surface area contributed by atoms with Crippen molar-refractivity contribution in [2.75, 3.05) is 5.01 Å². The smallest absolute Gasteiger partial charge is 0.0652 e. The van der Waals surface area contributed by atoms with Crippen molar-refractivity contribution in [1.29, 1.82) is 0 Å². The normalized spacial score (nSPS) is 11.2. The summed E-state index contributed by atoms with van der Waals surface area (Å²) in [6.45, 7) is 2.08. The molecule has 0 bridgehead atoms. The van der Waals surface area contributed by atoms with E-state index < -0.39 is 0 Å². The number of aromatic nitrogens is 1. The molecule has 0 radical (unpaired) electrons. The van der Waals surface area contributed by atoms with Gasteiger partial charge in [0.2, 0.25) is 0 Å². The third-order valence-electron chi connectivity index (χ3n) is 4.25. The first-order valence-electron chi connectivity index (χ1n) is 8.34. The Balaban J connectivity index is 1.78. The highest BCUT2D eigenvalue weighted by Crippen LogP contribution is 2.26. The zero-order chi connectivity index (χ0) is 17.1. The second-order valence-electron chi connectivity index (χ2n) is 5.94. The largest absolute Gasteiger partial charge is 0.358 e. The number of hydrogen-bond donors (Lipinski definition) is 1. The fourth-order valence-corrected chi connectivity index (χ4v) is 3.00. The minimum atomic E-state index is 1.03. The lowest BCUT2D eigenvalue weighted by atomic mass is 10.1. The van der Waals surface area contributed by atoms with Gasteiger partial charge in [0.25, 0.3) is 0 Å². The molecule has 1 N–H and O–H groups in total. The molecule has 3 nitrogen and oxygen atoms in total. The van der Waals surface area contributed by atoms with Crippen LogP contribution in [0.1, 0.15) is 11.3 Å². The van der Waals surface area contributed by atoms with Crippen molar-refractivity contribution in [2.24, 2.45) is 5.10 Å². The Labute approximate surface area is 147 Å². The van der Waals surface area contributed by atoms with Crippen LogP contribution in [0.4, 0.5) is 11.4 Å². The molecule has 3 heteroatoms. The molecular formula is C22H19N3. The first kappa shape index (κ1) is 15.2. The standard InChI is InChI=1S/C22H19N3/c1-17-21(20-14-8-9-15-22(20)24-17)16-23-25(18-10-4-2-5-11-18)19-12-6-3-7-13-19/h2-16,24H,1H3/b23-16+. The van der Waals surface area contributed by atoms with Gasteiger partial charge in [0.15, 0.2) is 0 Å². The fraction of sp³-hybridized carbons (Fsp3) is 0.0455. The summed E-state index contributed by atoms with van der Waals surface area (Å²) in [6, 6.07) is 28.7. The maximum Gasteiger partial charge on any atom is 0.0652 e. The van der Waals surface area contributed by atoms with Crippen LogP contribution >= 0.6 is 0 Å². The molecule has 4 rings (SSSR count). The Hall–Kier alpha value is -3.33. The number of hydrogen-bond acceptors (Lipinski definition) is 2. The Bertz CT molecular complexity index is 962. The van der Waals surface area contributed by atoms with Gasteiger partial charge in [-0.05, 0) is 37.3 Å². The minimum absolute atomic E-state index is 1.03. The van der Waals surface area contributed by atoms with Gasteiger partial charge in [-0.15, -0.1) is 0 Å². The SMILES string of the molecule is Cc1[nH]c2ccccc2c1/C=N/N(c1ccccc1)c1ccccc1. The lowest BCUT2D eigenvalue weighted by molar-refractivity contribution is 1.09. The highest BCUT2D eigenvalue weighted by atomic mass is 15.5. The molecule has 0 atom stereocenters. The summed E-state index contributed by atoms with van der Waals surface area (Å²) in [6.07, 6.45) is 1.94. The summed E-state index contributed by atoms with van der Waals surface area (Å²) in [5.41, 5.74) is 5.43. The van der Waals surface area contributed by atoms with Crippen LogP contribution in [0.5, 0.6) is 0 Å². The van der Waals surface area contributed by atoms with Crippen molar-refractivity contribution in [3.8, 4) is 0 Å². The molecule has 1 heterocycles. The Morgan fingerprint density at radius 3 is 1.96 bits per heavy atom. The second kappa shape index (κ2) is 6.65. The van der Waals surface area contributed by atoms with Gasteiger partial charge in [0, 0.05) is 22.2 Å². The van der Waals surface area contributed by atoms with Crippen molar-refractivity contribution in [3.05, 3.63) is 96.2 Å². The molecule has 0 unspecified atom stereocenters. The zero-order valence-electron chi connectivity index (χ0n) is 14.1. The highest BCUT2D eigenvalue weighted by molar-refractivity contribution is 6.01. The van der Waals surface area contributed by atoms with Crippen LogP contribution in [-0.2, 0) is 0 Å². The van der Waals surface area contributed by atoms with E-state index in [0.717, 1.165) is 28.1 Å². The minimum Gasteiger partial charge on any atom is -0.358 e. The predicted molar refractivity (Wildman–Crippen MR) is 106 cm³/mol. The first-order chi connectivity index (χ1) is 12.3. The van der Waals surface area contributed by atoms with E-state index in [-0.39, 0.29) is 0 Å². The van der Waals surface area contributed by atoms with Gasteiger partial charge >= 0.3 is 0 Å². The van der Waals surface area contributed by atoms with E-state index in [0.29, 0.717) is 0 Å². The Morgan fingerprint density at radius 1 is 0.760 bits per heavy atom. The molecule has 0 fully saturated rings. The maximum absolute atomic E-state index is 4.81. The van der Waals surface area contributed by atoms with Crippen molar-refractivity contribution in [2.45, 2.75) is 6.92 Å². The highest BCUT2D eigenvalue weighted by Gasteiger charge is 2.09. The number of fused-ring (bicyclic) bond motifs is 1. The predicted octanol–water partition coefficient (Wildman–Crippen LogP) is 5.65. The van der Waals surface area contributed by atoms with Crippen LogP contribution in [0.3, 0.4) is 0 Å². The van der Waals surface area contributed by atoms with Gasteiger partial charge in [-0.3, -0.25) is 0 Å². The molecule has 0 spiro atoms. The third-order valence-corrected chi connectivity index (χ3v) is 4.25. The molecule has 0 aliphatic heterocycles. The number of H-pyrrole nitrogens is 1. The van der Waals surface area contributed by atoms with E-state index >= 15 is 0 Å². The number of nitrogens with one attached hydrogen (secondary N) is 1. The summed E-state index contributed by atoms with van der Waals surface area (Å²) in [4.78, 5) is 3.42. The number of anilines is 2. The molecule has 0 aliphatic carbocycles. The van der Waals surface area contributed by atoms with Crippen LogP contribution in [0, 0.1) is 6.92 Å². The van der Waals surface area contributed by atoms with Gasteiger partial charge in [-0.25, -0.2) is 5.01 Å². The molecule has 3 aromatic carbocycles.